The van der Waals surface area contributed by atoms with Crippen LogP contribution in [0.25, 0.3) is 97.9 Å². The van der Waals surface area contributed by atoms with E-state index >= 15 is 0 Å². The maximum absolute atomic E-state index is 5.29. The predicted molar refractivity (Wildman–Crippen MR) is 214 cm³/mol. The van der Waals surface area contributed by atoms with Gasteiger partial charge >= 0.3 is 0 Å². The average molecular weight is 669 g/mol. The van der Waals surface area contributed by atoms with Crippen LogP contribution in [0.2, 0.25) is 0 Å². The van der Waals surface area contributed by atoms with Gasteiger partial charge < -0.3 is 4.57 Å². The molecule has 0 aliphatic rings. The van der Waals surface area contributed by atoms with Crippen molar-refractivity contribution in [2.75, 3.05) is 0 Å². The van der Waals surface area contributed by atoms with Gasteiger partial charge in [0.2, 0.25) is 0 Å². The van der Waals surface area contributed by atoms with Crippen LogP contribution in [0.4, 0.5) is 0 Å². The van der Waals surface area contributed by atoms with E-state index in [1.54, 1.807) is 0 Å². The minimum atomic E-state index is 0.699. The predicted octanol–water partition coefficient (Wildman–Crippen LogP) is 12.4. The summed E-state index contributed by atoms with van der Waals surface area (Å²) >= 11 is 1.87. The quantitative estimate of drug-likeness (QED) is 0.187. The lowest BCUT2D eigenvalue weighted by atomic mass is 10.1. The molecule has 0 bridgehead atoms. The molecule has 0 N–H and O–H groups in total. The highest BCUT2D eigenvalue weighted by Gasteiger charge is 2.21. The number of fused-ring (bicyclic) bond motifs is 9. The van der Waals surface area contributed by atoms with Crippen LogP contribution in [0.1, 0.15) is 0 Å². The third kappa shape index (κ3) is 4.25. The Morgan fingerprint density at radius 3 is 1.73 bits per heavy atom. The first-order valence-corrected chi connectivity index (χ1v) is 18.0. The lowest BCUT2D eigenvalue weighted by Gasteiger charge is -2.13. The van der Waals surface area contributed by atoms with Crippen LogP contribution in [0.3, 0.4) is 0 Å². The molecule has 0 amide bonds. The summed E-state index contributed by atoms with van der Waals surface area (Å²) in [4.78, 5) is 10.4. The van der Waals surface area contributed by atoms with Gasteiger partial charge in [0.1, 0.15) is 5.82 Å². The first-order valence-electron chi connectivity index (χ1n) is 17.2. The van der Waals surface area contributed by atoms with Gasteiger partial charge in [0.25, 0.3) is 0 Å². The van der Waals surface area contributed by atoms with E-state index in [4.69, 9.17) is 9.97 Å². The maximum Gasteiger partial charge on any atom is 0.162 e. The number of rotatable bonds is 4. The molecule has 238 valence electrons. The van der Waals surface area contributed by atoms with Gasteiger partial charge in [0.15, 0.2) is 5.82 Å². The molecule has 0 aliphatic carbocycles. The highest BCUT2D eigenvalue weighted by Crippen LogP contribution is 2.43. The van der Waals surface area contributed by atoms with Crippen LogP contribution in [-0.2, 0) is 0 Å². The van der Waals surface area contributed by atoms with E-state index in [-0.39, 0.29) is 0 Å². The van der Waals surface area contributed by atoms with Gasteiger partial charge in [-0.15, -0.1) is 11.3 Å². The van der Waals surface area contributed by atoms with Crippen molar-refractivity contribution in [3.05, 3.63) is 170 Å². The van der Waals surface area contributed by atoms with Crippen LogP contribution >= 0.6 is 11.3 Å². The number of thiophene rings is 1. The first kappa shape index (κ1) is 28.3. The van der Waals surface area contributed by atoms with Gasteiger partial charge in [-0.25, -0.2) is 9.97 Å². The topological polar surface area (TPSA) is 35.6 Å². The summed E-state index contributed by atoms with van der Waals surface area (Å²) in [6.45, 7) is 0. The molecular weight excluding hydrogens is 641 g/mol. The molecule has 0 atom stereocenters. The highest BCUT2D eigenvalue weighted by molar-refractivity contribution is 7.26. The second kappa shape index (κ2) is 11.0. The fourth-order valence-electron chi connectivity index (χ4n) is 7.87. The number of aromatic nitrogens is 4. The Morgan fingerprint density at radius 2 is 0.980 bits per heavy atom. The van der Waals surface area contributed by atoms with Crippen LogP contribution in [0.15, 0.2) is 170 Å². The molecule has 0 saturated carbocycles. The second-order valence-electron chi connectivity index (χ2n) is 13.0. The van der Waals surface area contributed by atoms with E-state index in [0.717, 1.165) is 33.7 Å². The minimum absolute atomic E-state index is 0.699. The Hall–Kier alpha value is -6.56. The monoisotopic (exact) mass is 668 g/mol. The molecule has 0 spiro atoms. The van der Waals surface area contributed by atoms with Crippen molar-refractivity contribution in [1.82, 2.24) is 19.1 Å². The van der Waals surface area contributed by atoms with Crippen molar-refractivity contribution in [2.45, 2.75) is 0 Å². The average Bonchev–Trinajstić information content (AvgIpc) is 3.85. The molecule has 51 heavy (non-hydrogen) atoms. The third-order valence-electron chi connectivity index (χ3n) is 10.1. The van der Waals surface area contributed by atoms with E-state index < -0.39 is 0 Å². The van der Waals surface area contributed by atoms with Crippen molar-refractivity contribution < 1.29 is 0 Å². The Morgan fingerprint density at radius 1 is 0.392 bits per heavy atom. The van der Waals surface area contributed by atoms with Crippen molar-refractivity contribution in [3.63, 3.8) is 0 Å². The van der Waals surface area contributed by atoms with Crippen molar-refractivity contribution in [2.24, 2.45) is 0 Å². The highest BCUT2D eigenvalue weighted by atomic mass is 32.1. The molecule has 5 heteroatoms. The Bertz CT molecular complexity index is 3080. The Labute approximate surface area is 297 Å². The molecular formula is C46H28N4S. The number of hydrogen-bond donors (Lipinski definition) is 0. The minimum Gasteiger partial charge on any atom is -0.308 e. The molecule has 4 heterocycles. The van der Waals surface area contributed by atoms with Gasteiger partial charge in [-0.1, -0.05) is 127 Å². The maximum atomic E-state index is 5.29. The van der Waals surface area contributed by atoms with Gasteiger partial charge in [0, 0.05) is 54.2 Å². The molecule has 0 aliphatic heterocycles. The third-order valence-corrected chi connectivity index (χ3v) is 11.3. The number of benzene rings is 7. The van der Waals surface area contributed by atoms with E-state index in [1.807, 2.05) is 35.6 Å². The van der Waals surface area contributed by atoms with Crippen molar-refractivity contribution >= 4 is 75.1 Å². The summed E-state index contributed by atoms with van der Waals surface area (Å²) in [5, 5.41) is 7.45. The van der Waals surface area contributed by atoms with Crippen LogP contribution < -0.4 is 0 Å². The Kier molecular flexibility index (Phi) is 6.09. The molecule has 0 saturated heterocycles. The normalized spacial score (nSPS) is 11.9. The zero-order valence-corrected chi connectivity index (χ0v) is 28.2. The fraction of sp³-hybridized carbons (Fsp3) is 0. The summed E-state index contributed by atoms with van der Waals surface area (Å²) < 4.78 is 7.38. The Balaban J connectivity index is 1.26. The first-order chi connectivity index (χ1) is 25.3. The van der Waals surface area contributed by atoms with Gasteiger partial charge in [-0.3, -0.25) is 4.57 Å². The molecule has 11 rings (SSSR count). The summed E-state index contributed by atoms with van der Waals surface area (Å²) in [5.74, 6) is 1.53. The van der Waals surface area contributed by atoms with E-state index in [9.17, 15) is 0 Å². The molecule has 4 aromatic heterocycles. The van der Waals surface area contributed by atoms with Gasteiger partial charge in [-0.2, -0.15) is 0 Å². The lowest BCUT2D eigenvalue weighted by molar-refractivity contribution is 1.05. The van der Waals surface area contributed by atoms with Crippen molar-refractivity contribution in [1.29, 1.82) is 0 Å². The fourth-order valence-corrected chi connectivity index (χ4v) is 9.07. The van der Waals surface area contributed by atoms with Crippen LogP contribution in [0.5, 0.6) is 0 Å². The molecule has 0 radical (unpaired) electrons. The molecule has 4 nitrogen and oxygen atoms in total. The largest absolute Gasteiger partial charge is 0.308 e. The summed E-state index contributed by atoms with van der Waals surface area (Å²) in [7, 11) is 0. The molecule has 7 aromatic carbocycles. The molecule has 0 fully saturated rings. The zero-order chi connectivity index (χ0) is 33.5. The van der Waals surface area contributed by atoms with Crippen LogP contribution in [0, 0.1) is 0 Å². The standard InChI is InChI=1S/C46H28N4S/c1-3-14-29(15-4-1)37-27-44(48-46(47-37)30-16-5-2-6-17-30)50-39-23-11-8-19-32(39)36-26-35-31-18-7-10-22-38(31)49(41(35)28-42(36)50)40-24-13-21-34-33-20-9-12-25-43(33)51-45(34)40/h1-28H. The van der Waals surface area contributed by atoms with E-state index in [2.05, 4.69) is 155 Å². The van der Waals surface area contributed by atoms with E-state index in [1.165, 1.54) is 58.4 Å². The number of nitrogens with zero attached hydrogens (tertiary/aromatic N) is 4. The number of hydrogen-bond acceptors (Lipinski definition) is 3. The summed E-state index contributed by atoms with van der Waals surface area (Å²) in [6, 6.07) is 60.5. The molecule has 11 aromatic rings. The second-order valence-corrected chi connectivity index (χ2v) is 14.1. The van der Waals surface area contributed by atoms with Gasteiger partial charge in [0.05, 0.1) is 38.1 Å². The summed E-state index contributed by atoms with van der Waals surface area (Å²) in [6.07, 6.45) is 0. The van der Waals surface area contributed by atoms with Crippen LogP contribution in [-0.4, -0.2) is 19.1 Å². The van der Waals surface area contributed by atoms with E-state index in [0.29, 0.717) is 5.82 Å². The SMILES string of the molecule is c1ccc(-c2cc(-n3c4ccccc4c4cc5c6ccccc6n(-c6cccc7c6sc6ccccc67)c5cc43)nc(-c3ccccc3)n2)cc1. The summed E-state index contributed by atoms with van der Waals surface area (Å²) in [5.41, 5.74) is 8.69. The van der Waals surface area contributed by atoms with Gasteiger partial charge in [-0.05, 0) is 36.4 Å². The number of para-hydroxylation sites is 2. The smallest absolute Gasteiger partial charge is 0.162 e. The zero-order valence-electron chi connectivity index (χ0n) is 27.4. The molecule has 0 unspecified atom stereocenters. The van der Waals surface area contributed by atoms with Crippen molar-refractivity contribution in [3.8, 4) is 34.2 Å². The lowest BCUT2D eigenvalue weighted by Crippen LogP contribution is -2.02.